The number of pyridine rings is 1. The van der Waals surface area contributed by atoms with Crippen LogP contribution in [0.15, 0.2) is 24.3 Å². The highest BCUT2D eigenvalue weighted by Crippen LogP contribution is 2.39. The summed E-state index contributed by atoms with van der Waals surface area (Å²) in [5.41, 5.74) is 2.32. The van der Waals surface area contributed by atoms with E-state index < -0.39 is 24.0 Å². The molecule has 4 rings (SSSR count). The number of carbonyl (C=O) groups is 2. The Morgan fingerprint density at radius 1 is 1.24 bits per heavy atom. The second-order valence-electron chi connectivity index (χ2n) is 8.20. The topological polar surface area (TPSA) is 92.1 Å². The van der Waals surface area contributed by atoms with Crippen molar-refractivity contribution in [3.8, 4) is 6.07 Å². The van der Waals surface area contributed by atoms with Crippen molar-refractivity contribution in [1.82, 2.24) is 10.3 Å². The van der Waals surface area contributed by atoms with Gasteiger partial charge >= 0.3 is 5.97 Å². The molecule has 2 aliphatic carbocycles. The Hall–Kier alpha value is -2.94. The van der Waals surface area contributed by atoms with Gasteiger partial charge in [0.05, 0.1) is 17.1 Å². The van der Waals surface area contributed by atoms with E-state index in [0.29, 0.717) is 5.56 Å². The minimum atomic E-state index is -0.899. The van der Waals surface area contributed by atoms with Crippen molar-refractivity contribution in [1.29, 1.82) is 5.26 Å². The van der Waals surface area contributed by atoms with Crippen molar-refractivity contribution in [2.75, 3.05) is 6.61 Å². The fourth-order valence-corrected chi connectivity index (χ4v) is 4.19. The van der Waals surface area contributed by atoms with Crippen molar-refractivity contribution in [3.05, 3.63) is 41.1 Å². The number of esters is 1. The minimum absolute atomic E-state index is 0.173. The first-order valence-electron chi connectivity index (χ1n) is 10.3. The van der Waals surface area contributed by atoms with E-state index in [0.717, 1.165) is 67.1 Å². The molecule has 1 fully saturated rings. The lowest BCUT2D eigenvalue weighted by Gasteiger charge is -2.22. The Morgan fingerprint density at radius 3 is 2.76 bits per heavy atom. The number of rotatable bonds is 5. The fraction of sp³-hybridized carbons (Fsp3) is 0.478. The Bertz CT molecular complexity index is 1010. The normalized spacial score (nSPS) is 18.1. The van der Waals surface area contributed by atoms with Crippen LogP contribution in [0.2, 0.25) is 0 Å². The third-order valence-corrected chi connectivity index (χ3v) is 5.98. The highest BCUT2D eigenvalue weighted by atomic mass is 16.5. The summed E-state index contributed by atoms with van der Waals surface area (Å²) in [7, 11) is 0. The Balaban J connectivity index is 1.56. The van der Waals surface area contributed by atoms with E-state index in [-0.39, 0.29) is 5.92 Å². The Labute approximate surface area is 170 Å². The highest BCUT2D eigenvalue weighted by molar-refractivity contribution is 6.05. The van der Waals surface area contributed by atoms with E-state index in [2.05, 4.69) is 11.4 Å². The first-order chi connectivity index (χ1) is 14.0. The second-order valence-corrected chi connectivity index (χ2v) is 8.20. The zero-order chi connectivity index (χ0) is 20.4. The molecular weight excluding hydrogens is 366 g/mol. The van der Waals surface area contributed by atoms with Gasteiger partial charge in [-0.25, -0.2) is 4.79 Å². The van der Waals surface area contributed by atoms with Gasteiger partial charge in [-0.2, -0.15) is 5.26 Å². The minimum Gasteiger partial charge on any atom is -0.452 e. The van der Waals surface area contributed by atoms with Gasteiger partial charge in [0.15, 0.2) is 6.61 Å². The van der Waals surface area contributed by atoms with E-state index in [1.165, 1.54) is 0 Å². The zero-order valence-electron chi connectivity index (χ0n) is 16.7. The van der Waals surface area contributed by atoms with Gasteiger partial charge in [-0.3, -0.25) is 9.78 Å². The Kier molecular flexibility index (Phi) is 5.23. The van der Waals surface area contributed by atoms with Crippen LogP contribution in [0.4, 0.5) is 0 Å². The molecule has 0 aliphatic heterocycles. The summed E-state index contributed by atoms with van der Waals surface area (Å²) < 4.78 is 5.41. The maximum atomic E-state index is 13.0. The number of hydrogen-bond acceptors (Lipinski definition) is 5. The molecule has 1 N–H and O–H groups in total. The molecule has 150 valence electrons. The van der Waals surface area contributed by atoms with Crippen LogP contribution in [0.1, 0.15) is 60.6 Å². The molecule has 0 bridgehead atoms. The molecule has 6 heteroatoms. The van der Waals surface area contributed by atoms with Crippen LogP contribution in [0.25, 0.3) is 10.9 Å². The standard InChI is InChI=1S/C23H25N3O3/c1-23(14-24,15-11-12-15)26-20(27)13-29-22(28)21-16-7-3-2-4-9-18(16)25-19-10-6-5-8-17(19)21/h5-6,8,10,15H,2-4,7,9,11-13H2,1H3,(H,26,27)/t23-/m1/s1. The van der Waals surface area contributed by atoms with Gasteiger partial charge in [0.2, 0.25) is 0 Å². The predicted molar refractivity (Wildman–Crippen MR) is 108 cm³/mol. The maximum absolute atomic E-state index is 13.0. The molecule has 1 saturated carbocycles. The van der Waals surface area contributed by atoms with Crippen LogP contribution in [0, 0.1) is 17.2 Å². The molecule has 0 saturated heterocycles. The summed E-state index contributed by atoms with van der Waals surface area (Å²) in [5.74, 6) is -0.771. The summed E-state index contributed by atoms with van der Waals surface area (Å²) in [6.45, 7) is 1.33. The molecule has 2 aliphatic rings. The lowest BCUT2D eigenvalue weighted by molar-refractivity contribution is -0.125. The summed E-state index contributed by atoms with van der Waals surface area (Å²) in [5, 5.41) is 12.9. The maximum Gasteiger partial charge on any atom is 0.339 e. The molecule has 0 unspecified atom stereocenters. The second kappa shape index (κ2) is 7.82. The number of nitrogens with one attached hydrogen (secondary N) is 1. The van der Waals surface area contributed by atoms with Crippen LogP contribution in [0.3, 0.4) is 0 Å². The lowest BCUT2D eigenvalue weighted by atomic mass is 9.97. The van der Waals surface area contributed by atoms with Gasteiger partial charge in [-0.15, -0.1) is 0 Å². The molecule has 1 atom stereocenters. The van der Waals surface area contributed by atoms with Crippen LogP contribution >= 0.6 is 0 Å². The monoisotopic (exact) mass is 391 g/mol. The first kappa shape index (κ1) is 19.4. The van der Waals surface area contributed by atoms with Gasteiger partial charge < -0.3 is 10.1 Å². The molecule has 1 amide bonds. The van der Waals surface area contributed by atoms with Crippen molar-refractivity contribution in [2.24, 2.45) is 5.92 Å². The molecule has 2 aromatic rings. The average molecular weight is 391 g/mol. The van der Waals surface area contributed by atoms with Crippen molar-refractivity contribution in [2.45, 2.75) is 57.4 Å². The molecular formula is C23H25N3O3. The number of benzene rings is 1. The third-order valence-electron chi connectivity index (χ3n) is 5.98. The number of aromatic nitrogens is 1. The van der Waals surface area contributed by atoms with Crippen LogP contribution in [0.5, 0.6) is 0 Å². The lowest BCUT2D eigenvalue weighted by Crippen LogP contribution is -2.48. The summed E-state index contributed by atoms with van der Waals surface area (Å²) in [6.07, 6.45) is 6.68. The van der Waals surface area contributed by atoms with E-state index in [9.17, 15) is 14.9 Å². The van der Waals surface area contributed by atoms with E-state index in [4.69, 9.17) is 9.72 Å². The largest absolute Gasteiger partial charge is 0.452 e. The number of nitriles is 1. The molecule has 6 nitrogen and oxygen atoms in total. The number of carbonyl (C=O) groups excluding carboxylic acids is 2. The summed E-state index contributed by atoms with van der Waals surface area (Å²) in [6, 6.07) is 9.75. The van der Waals surface area contributed by atoms with Gasteiger partial charge in [0, 0.05) is 11.1 Å². The van der Waals surface area contributed by atoms with Crippen molar-refractivity contribution >= 4 is 22.8 Å². The van der Waals surface area contributed by atoms with Crippen LogP contribution in [-0.4, -0.2) is 29.0 Å². The highest BCUT2D eigenvalue weighted by Gasteiger charge is 2.43. The van der Waals surface area contributed by atoms with Gasteiger partial charge in [0.1, 0.15) is 5.54 Å². The fourth-order valence-electron chi connectivity index (χ4n) is 4.19. The third kappa shape index (κ3) is 3.95. The SMILES string of the molecule is C[C@](C#N)(NC(=O)COC(=O)c1c2c(nc3ccccc13)CCCCC2)C1CC1. The number of fused-ring (bicyclic) bond motifs is 2. The molecule has 1 aromatic heterocycles. The number of nitrogens with zero attached hydrogens (tertiary/aromatic N) is 2. The molecule has 0 spiro atoms. The number of hydrogen-bond donors (Lipinski definition) is 1. The van der Waals surface area contributed by atoms with Crippen LogP contribution < -0.4 is 5.32 Å². The first-order valence-corrected chi connectivity index (χ1v) is 10.3. The predicted octanol–water partition coefficient (Wildman–Crippen LogP) is 3.47. The Morgan fingerprint density at radius 2 is 2.00 bits per heavy atom. The van der Waals surface area contributed by atoms with E-state index in [1.54, 1.807) is 6.92 Å². The van der Waals surface area contributed by atoms with Crippen molar-refractivity contribution in [3.63, 3.8) is 0 Å². The van der Waals surface area contributed by atoms with Crippen LogP contribution in [-0.2, 0) is 22.4 Å². The smallest absolute Gasteiger partial charge is 0.339 e. The van der Waals surface area contributed by atoms with E-state index >= 15 is 0 Å². The van der Waals surface area contributed by atoms with Gasteiger partial charge in [-0.1, -0.05) is 24.6 Å². The van der Waals surface area contributed by atoms with Gasteiger partial charge in [-0.05, 0) is 63.0 Å². The number of amides is 1. The number of para-hydroxylation sites is 1. The molecule has 1 aromatic carbocycles. The molecule has 1 heterocycles. The average Bonchev–Trinajstić information content (AvgIpc) is 3.57. The summed E-state index contributed by atoms with van der Waals surface area (Å²) >= 11 is 0. The van der Waals surface area contributed by atoms with Crippen molar-refractivity contribution < 1.29 is 14.3 Å². The molecule has 29 heavy (non-hydrogen) atoms. The zero-order valence-corrected chi connectivity index (χ0v) is 16.7. The van der Waals surface area contributed by atoms with Gasteiger partial charge in [0.25, 0.3) is 5.91 Å². The molecule has 0 radical (unpaired) electrons. The number of ether oxygens (including phenoxy) is 1. The van der Waals surface area contributed by atoms with E-state index in [1.807, 2.05) is 24.3 Å². The quantitative estimate of drug-likeness (QED) is 0.622. The number of aryl methyl sites for hydroxylation is 1. The summed E-state index contributed by atoms with van der Waals surface area (Å²) in [4.78, 5) is 30.2.